The van der Waals surface area contributed by atoms with E-state index in [9.17, 15) is 0 Å². The molecule has 0 aromatic carbocycles. The van der Waals surface area contributed by atoms with E-state index < -0.39 is 0 Å². The van der Waals surface area contributed by atoms with Gasteiger partial charge in [-0.05, 0) is 29.9 Å². The smallest absolute Gasteiger partial charge is 0.0876 e. The van der Waals surface area contributed by atoms with Gasteiger partial charge in [0, 0.05) is 5.41 Å². The van der Waals surface area contributed by atoms with E-state index in [2.05, 4.69) is 30.4 Å². The summed E-state index contributed by atoms with van der Waals surface area (Å²) in [5.41, 5.74) is 8.42. The van der Waals surface area contributed by atoms with Gasteiger partial charge in [0.25, 0.3) is 0 Å². The molecule has 17 heavy (non-hydrogen) atoms. The number of rotatable bonds is 2. The fourth-order valence-electron chi connectivity index (χ4n) is 1.90. The Morgan fingerprint density at radius 3 is 2.82 bits per heavy atom. The van der Waals surface area contributed by atoms with Gasteiger partial charge in [0.1, 0.15) is 0 Å². The van der Waals surface area contributed by atoms with Crippen molar-refractivity contribution >= 4 is 11.5 Å². The van der Waals surface area contributed by atoms with Gasteiger partial charge in [-0.3, -0.25) is 0 Å². The molecular weight excluding hydrogens is 234 g/mol. The number of hydrogen-bond donors (Lipinski definition) is 1. The molecule has 2 rings (SSSR count). The predicted molar refractivity (Wildman–Crippen MR) is 68.8 cm³/mol. The van der Waals surface area contributed by atoms with Crippen LogP contribution in [0, 0.1) is 0 Å². The fourth-order valence-corrected chi connectivity index (χ4v) is 2.81. The van der Waals surface area contributed by atoms with Crippen molar-refractivity contribution in [3.05, 3.63) is 22.4 Å². The standard InChI is InChI=1S/C12H19N3OS/c1-12(2,3)11-10(17-15-14-11)9(13)8-5-4-6-16-7-8/h7,9H,4-6,13H2,1-3H3. The van der Waals surface area contributed by atoms with Crippen LogP contribution in [0.3, 0.4) is 0 Å². The highest BCUT2D eigenvalue weighted by atomic mass is 32.1. The predicted octanol–water partition coefficient (Wildman–Crippen LogP) is 2.53. The third-order valence-corrected chi connectivity index (χ3v) is 3.68. The molecule has 1 aromatic rings. The zero-order chi connectivity index (χ0) is 12.5. The van der Waals surface area contributed by atoms with Crippen LogP contribution in [0.1, 0.15) is 50.2 Å². The summed E-state index contributed by atoms with van der Waals surface area (Å²) in [7, 11) is 0. The third-order valence-electron chi connectivity index (χ3n) is 2.87. The SMILES string of the molecule is CC(C)(C)c1nnsc1C(N)C1=COCCC1. The maximum Gasteiger partial charge on any atom is 0.0876 e. The largest absolute Gasteiger partial charge is 0.501 e. The van der Waals surface area contributed by atoms with Crippen molar-refractivity contribution in [1.29, 1.82) is 0 Å². The van der Waals surface area contributed by atoms with Crippen molar-refractivity contribution in [2.45, 2.75) is 45.1 Å². The molecule has 2 heterocycles. The zero-order valence-corrected chi connectivity index (χ0v) is 11.4. The lowest BCUT2D eigenvalue weighted by Gasteiger charge is -2.22. The number of aromatic nitrogens is 2. The molecule has 0 aliphatic carbocycles. The van der Waals surface area contributed by atoms with Gasteiger partial charge in [-0.15, -0.1) is 5.10 Å². The van der Waals surface area contributed by atoms with Gasteiger partial charge >= 0.3 is 0 Å². The Morgan fingerprint density at radius 1 is 1.47 bits per heavy atom. The average molecular weight is 253 g/mol. The van der Waals surface area contributed by atoms with Crippen LogP contribution in [-0.4, -0.2) is 16.2 Å². The molecule has 0 fully saturated rings. The summed E-state index contributed by atoms with van der Waals surface area (Å²) in [6.07, 6.45) is 3.85. The van der Waals surface area contributed by atoms with Crippen LogP contribution >= 0.6 is 11.5 Å². The Hall–Kier alpha value is -0.940. The highest BCUT2D eigenvalue weighted by Gasteiger charge is 2.27. The second kappa shape index (κ2) is 4.74. The maximum atomic E-state index is 6.29. The van der Waals surface area contributed by atoms with E-state index in [1.165, 1.54) is 11.5 Å². The van der Waals surface area contributed by atoms with Crippen LogP contribution in [0.2, 0.25) is 0 Å². The topological polar surface area (TPSA) is 61.0 Å². The number of ether oxygens (including phenoxy) is 1. The molecule has 1 atom stereocenters. The molecule has 1 aromatic heterocycles. The molecule has 0 spiro atoms. The van der Waals surface area contributed by atoms with Crippen LogP contribution < -0.4 is 5.73 Å². The zero-order valence-electron chi connectivity index (χ0n) is 10.6. The minimum atomic E-state index is -0.121. The van der Waals surface area contributed by atoms with Crippen LogP contribution in [-0.2, 0) is 10.2 Å². The van der Waals surface area contributed by atoms with Crippen LogP contribution in [0.5, 0.6) is 0 Å². The Bertz CT molecular complexity index is 420. The van der Waals surface area contributed by atoms with E-state index in [0.29, 0.717) is 0 Å². The summed E-state index contributed by atoms with van der Waals surface area (Å²) in [6, 6.07) is -0.121. The number of nitrogens with zero attached hydrogens (tertiary/aromatic N) is 2. The van der Waals surface area contributed by atoms with Gasteiger partial charge in [0.05, 0.1) is 29.5 Å². The molecule has 4 nitrogen and oxygen atoms in total. The van der Waals surface area contributed by atoms with Crippen LogP contribution in [0.25, 0.3) is 0 Å². The van der Waals surface area contributed by atoms with Gasteiger partial charge in [0.15, 0.2) is 0 Å². The molecule has 1 aliphatic rings. The fraction of sp³-hybridized carbons (Fsp3) is 0.667. The summed E-state index contributed by atoms with van der Waals surface area (Å²) < 4.78 is 9.40. The quantitative estimate of drug-likeness (QED) is 0.879. The molecule has 1 aliphatic heterocycles. The van der Waals surface area contributed by atoms with E-state index in [1.807, 2.05) is 0 Å². The van der Waals surface area contributed by atoms with E-state index in [4.69, 9.17) is 10.5 Å². The highest BCUT2D eigenvalue weighted by Crippen LogP contribution is 2.34. The Kier molecular flexibility index (Phi) is 3.49. The van der Waals surface area contributed by atoms with Crippen LogP contribution in [0.15, 0.2) is 11.8 Å². The van der Waals surface area contributed by atoms with E-state index in [1.54, 1.807) is 6.26 Å². The van der Waals surface area contributed by atoms with Gasteiger partial charge < -0.3 is 10.5 Å². The van der Waals surface area contributed by atoms with Crippen molar-refractivity contribution in [2.75, 3.05) is 6.61 Å². The Labute approximate surface area is 106 Å². The van der Waals surface area contributed by atoms with Gasteiger partial charge in [-0.1, -0.05) is 25.3 Å². The lowest BCUT2D eigenvalue weighted by Crippen LogP contribution is -2.21. The summed E-state index contributed by atoms with van der Waals surface area (Å²) in [4.78, 5) is 1.06. The van der Waals surface area contributed by atoms with Gasteiger partial charge in [-0.25, -0.2) is 0 Å². The molecule has 1 unspecified atom stereocenters. The third kappa shape index (κ3) is 2.66. The van der Waals surface area contributed by atoms with Crippen molar-refractivity contribution in [1.82, 2.24) is 9.59 Å². The summed E-state index contributed by atoms with van der Waals surface area (Å²) in [5, 5.41) is 4.22. The first-order chi connectivity index (χ1) is 8.00. The normalized spacial score (nSPS) is 18.5. The Morgan fingerprint density at radius 2 is 2.24 bits per heavy atom. The monoisotopic (exact) mass is 253 g/mol. The average Bonchev–Trinajstić information content (AvgIpc) is 2.78. The van der Waals surface area contributed by atoms with Gasteiger partial charge in [0.2, 0.25) is 0 Å². The number of nitrogens with two attached hydrogens (primary N) is 1. The van der Waals surface area contributed by atoms with Crippen molar-refractivity contribution < 1.29 is 4.74 Å². The van der Waals surface area contributed by atoms with Crippen LogP contribution in [0.4, 0.5) is 0 Å². The second-order valence-electron chi connectivity index (χ2n) is 5.38. The van der Waals surface area contributed by atoms with E-state index in [-0.39, 0.29) is 11.5 Å². The van der Waals surface area contributed by atoms with E-state index >= 15 is 0 Å². The molecule has 0 saturated heterocycles. The molecule has 5 heteroatoms. The Balaban J connectivity index is 2.28. The second-order valence-corrected chi connectivity index (χ2v) is 6.17. The van der Waals surface area contributed by atoms with Crippen molar-refractivity contribution in [2.24, 2.45) is 5.73 Å². The minimum absolute atomic E-state index is 0.0178. The molecule has 0 amide bonds. The lowest BCUT2D eigenvalue weighted by molar-refractivity contribution is 0.221. The molecular formula is C12H19N3OS. The minimum Gasteiger partial charge on any atom is -0.501 e. The lowest BCUT2D eigenvalue weighted by atomic mass is 9.88. The van der Waals surface area contributed by atoms with Gasteiger partial charge in [-0.2, -0.15) is 0 Å². The van der Waals surface area contributed by atoms with E-state index in [0.717, 1.165) is 35.6 Å². The number of hydrogen-bond acceptors (Lipinski definition) is 5. The highest BCUT2D eigenvalue weighted by molar-refractivity contribution is 7.05. The first kappa shape index (κ1) is 12.5. The molecule has 0 saturated carbocycles. The summed E-state index contributed by atoms with van der Waals surface area (Å²) in [6.45, 7) is 7.19. The first-order valence-corrected chi connectivity index (χ1v) is 6.66. The van der Waals surface area contributed by atoms with Crippen molar-refractivity contribution in [3.8, 4) is 0 Å². The molecule has 0 bridgehead atoms. The first-order valence-electron chi connectivity index (χ1n) is 5.89. The van der Waals surface area contributed by atoms with Crippen molar-refractivity contribution in [3.63, 3.8) is 0 Å². The molecule has 0 radical (unpaired) electrons. The maximum absolute atomic E-state index is 6.29. The summed E-state index contributed by atoms with van der Waals surface area (Å²) in [5.74, 6) is 0. The molecule has 94 valence electrons. The summed E-state index contributed by atoms with van der Waals surface area (Å²) >= 11 is 1.40. The molecule has 2 N–H and O–H groups in total.